The van der Waals surface area contributed by atoms with Crippen molar-refractivity contribution in [2.45, 2.75) is 38.9 Å². The van der Waals surface area contributed by atoms with Gasteiger partial charge in [-0.2, -0.15) is 0 Å². The van der Waals surface area contributed by atoms with E-state index in [4.69, 9.17) is 0 Å². The summed E-state index contributed by atoms with van der Waals surface area (Å²) in [7, 11) is 0. The van der Waals surface area contributed by atoms with Crippen LogP contribution >= 0.6 is 11.8 Å². The molecule has 0 aliphatic heterocycles. The molecule has 3 nitrogen and oxygen atoms in total. The zero-order chi connectivity index (χ0) is 12.7. The standard InChI is InChI=1S/C13H20N2OS/c1-4-5-8-17-11(3)13(16)15-12-6-7-14-9-10(12)2/h6-7,9,11H,4-5,8H2,1-3H3,(H,14,15,16). The van der Waals surface area contributed by atoms with Gasteiger partial charge in [0.1, 0.15) is 0 Å². The van der Waals surface area contributed by atoms with Crippen LogP contribution in [-0.2, 0) is 4.79 Å². The quantitative estimate of drug-likeness (QED) is 0.790. The second-order valence-electron chi connectivity index (χ2n) is 4.05. The molecule has 0 spiro atoms. The Morgan fingerprint density at radius 3 is 3.00 bits per heavy atom. The molecule has 0 bridgehead atoms. The lowest BCUT2D eigenvalue weighted by molar-refractivity contribution is -0.115. The van der Waals surface area contributed by atoms with E-state index in [0.717, 1.165) is 23.4 Å². The summed E-state index contributed by atoms with van der Waals surface area (Å²) >= 11 is 1.71. The van der Waals surface area contributed by atoms with E-state index in [1.54, 1.807) is 24.2 Å². The highest BCUT2D eigenvalue weighted by Gasteiger charge is 2.13. The van der Waals surface area contributed by atoms with E-state index in [-0.39, 0.29) is 11.2 Å². The summed E-state index contributed by atoms with van der Waals surface area (Å²) in [5.41, 5.74) is 1.85. The van der Waals surface area contributed by atoms with Gasteiger partial charge in [0, 0.05) is 18.1 Å². The number of aromatic nitrogens is 1. The number of hydrogen-bond acceptors (Lipinski definition) is 3. The van der Waals surface area contributed by atoms with E-state index >= 15 is 0 Å². The van der Waals surface area contributed by atoms with Crippen LogP contribution < -0.4 is 5.32 Å². The van der Waals surface area contributed by atoms with Crippen LogP contribution in [0.1, 0.15) is 32.3 Å². The number of nitrogens with one attached hydrogen (secondary N) is 1. The van der Waals surface area contributed by atoms with Crippen molar-refractivity contribution < 1.29 is 4.79 Å². The maximum atomic E-state index is 11.9. The number of hydrogen-bond donors (Lipinski definition) is 1. The Morgan fingerprint density at radius 1 is 1.59 bits per heavy atom. The van der Waals surface area contributed by atoms with Crippen LogP contribution in [0, 0.1) is 6.92 Å². The fourth-order valence-electron chi connectivity index (χ4n) is 1.33. The molecule has 4 heteroatoms. The molecule has 1 heterocycles. The predicted octanol–water partition coefficient (Wildman–Crippen LogP) is 3.25. The van der Waals surface area contributed by atoms with Gasteiger partial charge >= 0.3 is 0 Å². The average molecular weight is 252 g/mol. The highest BCUT2D eigenvalue weighted by molar-refractivity contribution is 8.00. The van der Waals surface area contributed by atoms with Crippen molar-refractivity contribution in [2.75, 3.05) is 11.1 Å². The first-order valence-electron chi connectivity index (χ1n) is 5.98. The Hall–Kier alpha value is -1.03. The third-order valence-corrected chi connectivity index (χ3v) is 3.75. The molecule has 17 heavy (non-hydrogen) atoms. The SMILES string of the molecule is CCCCSC(C)C(=O)Nc1ccncc1C. The lowest BCUT2D eigenvalue weighted by atomic mass is 10.2. The second kappa shape index (κ2) is 7.33. The minimum Gasteiger partial charge on any atom is -0.325 e. The minimum absolute atomic E-state index is 0.00545. The number of anilines is 1. The highest BCUT2D eigenvalue weighted by Crippen LogP contribution is 2.17. The number of aryl methyl sites for hydroxylation is 1. The van der Waals surface area contributed by atoms with Gasteiger partial charge in [-0.1, -0.05) is 13.3 Å². The van der Waals surface area contributed by atoms with Crippen LogP contribution in [-0.4, -0.2) is 21.9 Å². The number of unbranched alkanes of at least 4 members (excludes halogenated alkanes) is 1. The summed E-state index contributed by atoms with van der Waals surface area (Å²) in [5, 5.41) is 2.93. The van der Waals surface area contributed by atoms with Crippen LogP contribution in [0.25, 0.3) is 0 Å². The van der Waals surface area contributed by atoms with Gasteiger partial charge in [-0.05, 0) is 37.7 Å². The van der Waals surface area contributed by atoms with Gasteiger partial charge in [0.05, 0.1) is 5.25 Å². The Kier molecular flexibility index (Phi) is 6.05. The van der Waals surface area contributed by atoms with Crippen molar-refractivity contribution in [3.63, 3.8) is 0 Å². The summed E-state index contributed by atoms with van der Waals surface area (Å²) in [6, 6.07) is 1.83. The molecule has 94 valence electrons. The van der Waals surface area contributed by atoms with Crippen molar-refractivity contribution in [1.82, 2.24) is 4.98 Å². The second-order valence-corrected chi connectivity index (χ2v) is 5.50. The largest absolute Gasteiger partial charge is 0.325 e. The van der Waals surface area contributed by atoms with Crippen molar-refractivity contribution in [3.05, 3.63) is 24.0 Å². The summed E-state index contributed by atoms with van der Waals surface area (Å²) in [6.45, 7) is 6.05. The minimum atomic E-state index is -0.00545. The fraction of sp³-hybridized carbons (Fsp3) is 0.538. The number of carbonyl (C=O) groups is 1. The molecular formula is C13H20N2OS. The topological polar surface area (TPSA) is 42.0 Å². The molecule has 1 aromatic heterocycles. The van der Waals surface area contributed by atoms with E-state index in [1.807, 2.05) is 19.9 Å². The third kappa shape index (κ3) is 4.77. The van der Waals surface area contributed by atoms with Gasteiger partial charge in [0.2, 0.25) is 5.91 Å². The number of rotatable bonds is 6. The number of pyridine rings is 1. The summed E-state index contributed by atoms with van der Waals surface area (Å²) < 4.78 is 0. The summed E-state index contributed by atoms with van der Waals surface area (Å²) in [5.74, 6) is 1.11. The summed E-state index contributed by atoms with van der Waals surface area (Å²) in [6.07, 6.45) is 5.78. The molecule has 1 aromatic rings. The third-order valence-electron chi connectivity index (χ3n) is 2.51. The molecule has 1 N–H and O–H groups in total. The normalized spacial score (nSPS) is 12.2. The lowest BCUT2D eigenvalue weighted by Gasteiger charge is -2.12. The van der Waals surface area contributed by atoms with E-state index < -0.39 is 0 Å². The molecule has 0 aliphatic rings. The summed E-state index contributed by atoms with van der Waals surface area (Å²) in [4.78, 5) is 15.9. The van der Waals surface area contributed by atoms with E-state index in [0.29, 0.717) is 0 Å². The Morgan fingerprint density at radius 2 is 2.35 bits per heavy atom. The molecule has 0 saturated carbocycles. The van der Waals surface area contributed by atoms with Crippen molar-refractivity contribution >= 4 is 23.4 Å². The molecule has 1 atom stereocenters. The maximum Gasteiger partial charge on any atom is 0.237 e. The van der Waals surface area contributed by atoms with Gasteiger partial charge in [-0.25, -0.2) is 0 Å². The molecule has 0 saturated heterocycles. The van der Waals surface area contributed by atoms with E-state index in [9.17, 15) is 4.79 Å². The molecule has 0 radical (unpaired) electrons. The molecular weight excluding hydrogens is 232 g/mol. The molecule has 0 aliphatic carbocycles. The Labute approximate surface area is 107 Å². The highest BCUT2D eigenvalue weighted by atomic mass is 32.2. The van der Waals surface area contributed by atoms with Crippen molar-refractivity contribution in [2.24, 2.45) is 0 Å². The molecule has 0 fully saturated rings. The first kappa shape index (κ1) is 14.0. The van der Waals surface area contributed by atoms with Crippen molar-refractivity contribution in [1.29, 1.82) is 0 Å². The van der Waals surface area contributed by atoms with Crippen LogP contribution in [0.4, 0.5) is 5.69 Å². The van der Waals surface area contributed by atoms with Gasteiger partial charge in [0.25, 0.3) is 0 Å². The molecule has 0 aromatic carbocycles. The fourth-order valence-corrected chi connectivity index (χ4v) is 2.35. The van der Waals surface area contributed by atoms with Gasteiger partial charge in [0.15, 0.2) is 0 Å². The maximum absolute atomic E-state index is 11.9. The monoisotopic (exact) mass is 252 g/mol. The molecule has 1 rings (SSSR count). The lowest BCUT2D eigenvalue weighted by Crippen LogP contribution is -2.23. The number of nitrogens with zero attached hydrogens (tertiary/aromatic N) is 1. The first-order valence-corrected chi connectivity index (χ1v) is 7.03. The van der Waals surface area contributed by atoms with E-state index in [2.05, 4.69) is 17.2 Å². The Bertz CT molecular complexity index is 368. The van der Waals surface area contributed by atoms with E-state index in [1.165, 1.54) is 6.42 Å². The van der Waals surface area contributed by atoms with Gasteiger partial charge in [-0.3, -0.25) is 9.78 Å². The number of thioether (sulfide) groups is 1. The average Bonchev–Trinajstić information content (AvgIpc) is 2.32. The van der Waals surface area contributed by atoms with Gasteiger partial charge in [-0.15, -0.1) is 11.8 Å². The smallest absolute Gasteiger partial charge is 0.237 e. The van der Waals surface area contributed by atoms with Crippen LogP contribution in [0.15, 0.2) is 18.5 Å². The molecule has 1 amide bonds. The van der Waals surface area contributed by atoms with Crippen LogP contribution in [0.2, 0.25) is 0 Å². The van der Waals surface area contributed by atoms with Crippen molar-refractivity contribution in [3.8, 4) is 0 Å². The van der Waals surface area contributed by atoms with Crippen LogP contribution in [0.3, 0.4) is 0 Å². The zero-order valence-electron chi connectivity index (χ0n) is 10.7. The molecule has 1 unspecified atom stereocenters. The predicted molar refractivity (Wildman–Crippen MR) is 74.4 cm³/mol. The number of carbonyl (C=O) groups excluding carboxylic acids is 1. The van der Waals surface area contributed by atoms with Gasteiger partial charge < -0.3 is 5.32 Å². The first-order chi connectivity index (χ1) is 8.15. The zero-order valence-corrected chi connectivity index (χ0v) is 11.5. The number of amides is 1. The van der Waals surface area contributed by atoms with Crippen LogP contribution in [0.5, 0.6) is 0 Å². The Balaban J connectivity index is 2.46.